The van der Waals surface area contributed by atoms with Crippen molar-refractivity contribution in [1.29, 1.82) is 0 Å². The van der Waals surface area contributed by atoms with Crippen LogP contribution in [0.2, 0.25) is 0 Å². The summed E-state index contributed by atoms with van der Waals surface area (Å²) in [6.07, 6.45) is 5.81. The average molecular weight is 298 g/mol. The normalized spacial score (nSPS) is 18.3. The number of nitrogens with two attached hydrogens (primary N) is 1. The summed E-state index contributed by atoms with van der Waals surface area (Å²) in [5.74, 6) is 2.82. The molecular formula is C16H22N6. The van der Waals surface area contributed by atoms with Crippen LogP contribution >= 0.6 is 0 Å². The van der Waals surface area contributed by atoms with Crippen molar-refractivity contribution in [2.75, 3.05) is 29.0 Å². The van der Waals surface area contributed by atoms with Crippen molar-refractivity contribution in [3.63, 3.8) is 0 Å². The van der Waals surface area contributed by atoms with Crippen LogP contribution in [0.15, 0.2) is 24.7 Å². The molecule has 22 heavy (non-hydrogen) atoms. The molecule has 1 saturated heterocycles. The number of piperidine rings is 1. The highest BCUT2D eigenvalue weighted by molar-refractivity contribution is 5.77. The molecule has 1 fully saturated rings. The molecule has 0 bridgehead atoms. The van der Waals surface area contributed by atoms with Gasteiger partial charge < -0.3 is 16.0 Å². The fourth-order valence-corrected chi connectivity index (χ4v) is 2.78. The number of pyridine rings is 1. The van der Waals surface area contributed by atoms with Crippen LogP contribution in [-0.4, -0.2) is 28.0 Å². The molecule has 0 aromatic carbocycles. The first-order valence-electron chi connectivity index (χ1n) is 7.68. The fourth-order valence-electron chi connectivity index (χ4n) is 2.78. The first kappa shape index (κ1) is 14.6. The van der Waals surface area contributed by atoms with E-state index in [1.165, 1.54) is 12.8 Å². The fraction of sp³-hybridized carbons (Fsp3) is 0.438. The van der Waals surface area contributed by atoms with E-state index in [1.807, 2.05) is 25.3 Å². The van der Waals surface area contributed by atoms with Crippen molar-refractivity contribution in [2.45, 2.75) is 26.7 Å². The zero-order valence-electron chi connectivity index (χ0n) is 13.1. The molecule has 0 aliphatic carbocycles. The molecule has 1 aliphatic heterocycles. The van der Waals surface area contributed by atoms with Gasteiger partial charge in [-0.05, 0) is 37.3 Å². The highest BCUT2D eigenvalue weighted by Gasteiger charge is 2.21. The van der Waals surface area contributed by atoms with Gasteiger partial charge in [-0.15, -0.1) is 0 Å². The zero-order valence-corrected chi connectivity index (χ0v) is 13.1. The van der Waals surface area contributed by atoms with Gasteiger partial charge >= 0.3 is 0 Å². The third-order valence-corrected chi connectivity index (χ3v) is 3.98. The second-order valence-corrected chi connectivity index (χ2v) is 6.00. The number of nitrogen functional groups attached to an aromatic ring is 1. The monoisotopic (exact) mass is 298 g/mol. The van der Waals surface area contributed by atoms with Gasteiger partial charge in [0.15, 0.2) is 11.6 Å². The molecule has 6 heteroatoms. The maximum absolute atomic E-state index is 6.28. The third kappa shape index (κ3) is 3.10. The summed E-state index contributed by atoms with van der Waals surface area (Å²) >= 11 is 0. The van der Waals surface area contributed by atoms with Gasteiger partial charge in [0.1, 0.15) is 17.8 Å². The maximum atomic E-state index is 6.28. The number of anilines is 4. The SMILES string of the molecule is Cc1ccc(Nc2ncnc(N3CCCC(C)C3)c2N)nc1. The molecule has 6 nitrogen and oxygen atoms in total. The lowest BCUT2D eigenvalue weighted by Crippen LogP contribution is -2.35. The van der Waals surface area contributed by atoms with E-state index in [9.17, 15) is 0 Å². The Morgan fingerprint density at radius 1 is 1.27 bits per heavy atom. The first-order valence-corrected chi connectivity index (χ1v) is 7.68. The molecule has 3 heterocycles. The topological polar surface area (TPSA) is 80.0 Å². The van der Waals surface area contributed by atoms with Crippen molar-refractivity contribution in [2.24, 2.45) is 5.92 Å². The Morgan fingerprint density at radius 3 is 2.86 bits per heavy atom. The molecule has 2 aromatic rings. The van der Waals surface area contributed by atoms with Gasteiger partial charge in [-0.1, -0.05) is 13.0 Å². The Labute approximate surface area is 130 Å². The van der Waals surface area contributed by atoms with Gasteiger partial charge in [-0.2, -0.15) is 0 Å². The molecule has 0 spiro atoms. The largest absolute Gasteiger partial charge is 0.393 e. The van der Waals surface area contributed by atoms with Gasteiger partial charge in [0.2, 0.25) is 0 Å². The smallest absolute Gasteiger partial charge is 0.160 e. The molecule has 3 rings (SSSR count). The second-order valence-electron chi connectivity index (χ2n) is 6.00. The standard InChI is InChI=1S/C16H22N6/c1-11-5-6-13(18-8-11)21-15-14(17)16(20-10-19-15)22-7-3-4-12(2)9-22/h5-6,8,10,12H,3-4,7,9,17H2,1-2H3,(H,18,19,20,21). The Hall–Kier alpha value is -2.37. The zero-order chi connectivity index (χ0) is 15.5. The van der Waals surface area contributed by atoms with E-state index < -0.39 is 0 Å². The minimum absolute atomic E-state index is 0.582. The van der Waals surface area contributed by atoms with Crippen LogP contribution in [0.5, 0.6) is 0 Å². The number of nitrogens with zero attached hydrogens (tertiary/aromatic N) is 4. The van der Waals surface area contributed by atoms with Crippen LogP contribution in [0.3, 0.4) is 0 Å². The van der Waals surface area contributed by atoms with Gasteiger partial charge in [0, 0.05) is 19.3 Å². The number of rotatable bonds is 3. The van der Waals surface area contributed by atoms with E-state index in [2.05, 4.69) is 32.1 Å². The van der Waals surface area contributed by atoms with Crippen LogP contribution < -0.4 is 16.0 Å². The molecule has 2 aromatic heterocycles. The third-order valence-electron chi connectivity index (χ3n) is 3.98. The summed E-state index contributed by atoms with van der Waals surface area (Å²) in [4.78, 5) is 15.2. The van der Waals surface area contributed by atoms with Crippen molar-refractivity contribution < 1.29 is 0 Å². The summed E-state index contributed by atoms with van der Waals surface area (Å²) in [5.41, 5.74) is 7.98. The van der Waals surface area contributed by atoms with Crippen molar-refractivity contribution in [1.82, 2.24) is 15.0 Å². The highest BCUT2D eigenvalue weighted by Crippen LogP contribution is 2.30. The van der Waals surface area contributed by atoms with E-state index in [0.717, 1.165) is 30.3 Å². The molecular weight excluding hydrogens is 276 g/mol. The van der Waals surface area contributed by atoms with Gasteiger partial charge in [0.25, 0.3) is 0 Å². The Bertz CT molecular complexity index is 640. The molecule has 0 saturated carbocycles. The number of hydrogen-bond donors (Lipinski definition) is 2. The number of aromatic nitrogens is 3. The van der Waals surface area contributed by atoms with Gasteiger partial charge in [-0.3, -0.25) is 0 Å². The molecule has 116 valence electrons. The molecule has 0 amide bonds. The number of nitrogens with one attached hydrogen (secondary N) is 1. The summed E-state index contributed by atoms with van der Waals surface area (Å²) < 4.78 is 0. The predicted molar refractivity (Wildman–Crippen MR) is 89.3 cm³/mol. The van der Waals surface area contributed by atoms with Gasteiger partial charge in [0.05, 0.1) is 0 Å². The van der Waals surface area contributed by atoms with Crippen LogP contribution in [-0.2, 0) is 0 Å². The van der Waals surface area contributed by atoms with Crippen LogP contribution in [0, 0.1) is 12.8 Å². The molecule has 0 radical (unpaired) electrons. The first-order chi connectivity index (χ1) is 10.6. The molecule has 1 unspecified atom stereocenters. The molecule has 1 aliphatic rings. The van der Waals surface area contributed by atoms with Crippen molar-refractivity contribution in [3.8, 4) is 0 Å². The summed E-state index contributed by atoms with van der Waals surface area (Å²) in [7, 11) is 0. The molecule has 3 N–H and O–H groups in total. The maximum Gasteiger partial charge on any atom is 0.160 e. The minimum Gasteiger partial charge on any atom is -0.393 e. The summed E-state index contributed by atoms with van der Waals surface area (Å²) in [6, 6.07) is 3.92. The van der Waals surface area contributed by atoms with Crippen molar-refractivity contribution in [3.05, 3.63) is 30.2 Å². The highest BCUT2D eigenvalue weighted by atomic mass is 15.2. The van der Waals surface area contributed by atoms with E-state index in [0.29, 0.717) is 17.4 Å². The van der Waals surface area contributed by atoms with Crippen LogP contribution in [0.4, 0.5) is 23.1 Å². The Kier molecular flexibility index (Phi) is 4.09. The van der Waals surface area contributed by atoms with Gasteiger partial charge in [-0.25, -0.2) is 15.0 Å². The number of aryl methyl sites for hydroxylation is 1. The lowest BCUT2D eigenvalue weighted by Gasteiger charge is -2.32. The predicted octanol–water partition coefficient (Wildman–Crippen LogP) is 2.74. The van der Waals surface area contributed by atoms with E-state index >= 15 is 0 Å². The number of hydrogen-bond acceptors (Lipinski definition) is 6. The Morgan fingerprint density at radius 2 is 2.14 bits per heavy atom. The Balaban J connectivity index is 1.83. The summed E-state index contributed by atoms with van der Waals surface area (Å²) in [5, 5.41) is 3.18. The lowest BCUT2D eigenvalue weighted by atomic mass is 10.0. The van der Waals surface area contributed by atoms with Crippen LogP contribution in [0.25, 0.3) is 0 Å². The van der Waals surface area contributed by atoms with E-state index in [4.69, 9.17) is 5.73 Å². The van der Waals surface area contributed by atoms with Crippen molar-refractivity contribution >= 4 is 23.1 Å². The van der Waals surface area contributed by atoms with E-state index in [-0.39, 0.29) is 0 Å². The quantitative estimate of drug-likeness (QED) is 0.907. The minimum atomic E-state index is 0.582. The average Bonchev–Trinajstić information content (AvgIpc) is 2.51. The second kappa shape index (κ2) is 6.17. The van der Waals surface area contributed by atoms with E-state index in [1.54, 1.807) is 6.33 Å². The molecule has 1 atom stereocenters. The summed E-state index contributed by atoms with van der Waals surface area (Å²) in [6.45, 7) is 6.25. The lowest BCUT2D eigenvalue weighted by molar-refractivity contribution is 0.445. The van der Waals surface area contributed by atoms with Crippen LogP contribution in [0.1, 0.15) is 25.3 Å².